The zero-order valence-corrected chi connectivity index (χ0v) is 10.8. The Morgan fingerprint density at radius 1 is 1.27 bits per heavy atom. The van der Waals surface area contributed by atoms with Gasteiger partial charge in [0.25, 0.3) is 0 Å². The van der Waals surface area contributed by atoms with E-state index in [0.717, 1.165) is 6.42 Å². The molecule has 0 aliphatic carbocycles. The molecule has 0 unspecified atom stereocenters. The first-order chi connectivity index (χ1) is 6.91. The third-order valence-electron chi connectivity index (χ3n) is 1.72. The van der Waals surface area contributed by atoms with Crippen molar-refractivity contribution in [2.24, 2.45) is 0 Å². The fourth-order valence-corrected chi connectivity index (χ4v) is 2.27. The molecule has 0 aliphatic rings. The molecular formula is C11H20O3S. The molecule has 0 amide bonds. The van der Waals surface area contributed by atoms with E-state index in [2.05, 4.69) is 0 Å². The molecule has 0 spiro atoms. The van der Waals surface area contributed by atoms with E-state index in [1.54, 1.807) is 6.92 Å². The molecule has 88 valence electrons. The van der Waals surface area contributed by atoms with Crippen LogP contribution in [0.1, 0.15) is 47.0 Å². The highest BCUT2D eigenvalue weighted by molar-refractivity contribution is 8.14. The predicted octanol–water partition coefficient (Wildman–Crippen LogP) is 2.78. The molecule has 0 aromatic heterocycles. The van der Waals surface area contributed by atoms with Crippen LogP contribution in [0.15, 0.2) is 0 Å². The van der Waals surface area contributed by atoms with E-state index in [9.17, 15) is 9.59 Å². The average Bonchev–Trinajstić information content (AvgIpc) is 2.01. The van der Waals surface area contributed by atoms with Crippen molar-refractivity contribution < 1.29 is 14.3 Å². The standard InChI is InChI=1S/C11H20O3S/c1-5-7-10(13)15-11(3,4)8-9(12)14-6-2/h5-8H2,1-4H3. The summed E-state index contributed by atoms with van der Waals surface area (Å²) in [5, 5.41) is 0.145. The van der Waals surface area contributed by atoms with Gasteiger partial charge in [-0.3, -0.25) is 9.59 Å². The zero-order valence-electron chi connectivity index (χ0n) is 9.96. The maximum Gasteiger partial charge on any atom is 0.307 e. The van der Waals surface area contributed by atoms with Crippen molar-refractivity contribution in [1.82, 2.24) is 0 Å². The third-order valence-corrected chi connectivity index (χ3v) is 2.85. The van der Waals surface area contributed by atoms with Gasteiger partial charge in [0, 0.05) is 11.2 Å². The highest BCUT2D eigenvalue weighted by Gasteiger charge is 2.26. The lowest BCUT2D eigenvalue weighted by atomic mass is 10.1. The average molecular weight is 232 g/mol. The molecule has 3 nitrogen and oxygen atoms in total. The van der Waals surface area contributed by atoms with Gasteiger partial charge >= 0.3 is 5.97 Å². The van der Waals surface area contributed by atoms with E-state index in [4.69, 9.17) is 4.74 Å². The molecule has 4 heteroatoms. The highest BCUT2D eigenvalue weighted by Crippen LogP contribution is 2.30. The van der Waals surface area contributed by atoms with Gasteiger partial charge in [-0.15, -0.1) is 0 Å². The molecule has 0 saturated heterocycles. The van der Waals surface area contributed by atoms with Crippen LogP contribution in [0.5, 0.6) is 0 Å². The van der Waals surface area contributed by atoms with Gasteiger partial charge in [0.05, 0.1) is 13.0 Å². The van der Waals surface area contributed by atoms with Gasteiger partial charge in [-0.25, -0.2) is 0 Å². The minimum Gasteiger partial charge on any atom is -0.466 e. The van der Waals surface area contributed by atoms with E-state index in [-0.39, 0.29) is 22.3 Å². The molecular weight excluding hydrogens is 212 g/mol. The molecule has 0 saturated carbocycles. The molecule has 0 bridgehead atoms. The first-order valence-electron chi connectivity index (χ1n) is 5.28. The smallest absolute Gasteiger partial charge is 0.307 e. The van der Waals surface area contributed by atoms with Crippen LogP contribution in [-0.4, -0.2) is 22.4 Å². The van der Waals surface area contributed by atoms with Crippen LogP contribution in [0, 0.1) is 0 Å². The molecule has 0 fully saturated rings. The fourth-order valence-electron chi connectivity index (χ4n) is 1.16. The van der Waals surface area contributed by atoms with Crippen molar-refractivity contribution in [2.45, 2.75) is 51.7 Å². The quantitative estimate of drug-likeness (QED) is 0.660. The molecule has 0 N–H and O–H groups in total. The molecule has 0 aromatic rings. The van der Waals surface area contributed by atoms with Gasteiger partial charge in [0.1, 0.15) is 0 Å². The minimum absolute atomic E-state index is 0.145. The first kappa shape index (κ1) is 14.5. The number of carbonyl (C=O) groups excluding carboxylic acids is 2. The number of carbonyl (C=O) groups is 2. The van der Waals surface area contributed by atoms with Crippen LogP contribution >= 0.6 is 11.8 Å². The van der Waals surface area contributed by atoms with Crippen LogP contribution in [0.25, 0.3) is 0 Å². The van der Waals surface area contributed by atoms with Crippen molar-refractivity contribution >= 4 is 22.8 Å². The van der Waals surface area contributed by atoms with E-state index >= 15 is 0 Å². The maximum absolute atomic E-state index is 11.4. The second-order valence-electron chi connectivity index (χ2n) is 3.97. The highest BCUT2D eigenvalue weighted by atomic mass is 32.2. The molecule has 15 heavy (non-hydrogen) atoms. The number of ether oxygens (including phenoxy) is 1. The van der Waals surface area contributed by atoms with Crippen LogP contribution in [0.4, 0.5) is 0 Å². The lowest BCUT2D eigenvalue weighted by Crippen LogP contribution is -2.23. The number of hydrogen-bond donors (Lipinski definition) is 0. The SMILES string of the molecule is CCCC(=O)SC(C)(C)CC(=O)OCC. The summed E-state index contributed by atoms with van der Waals surface area (Å²) in [6.45, 7) is 7.92. The Bertz CT molecular complexity index is 202. The predicted molar refractivity (Wildman–Crippen MR) is 62.8 cm³/mol. The summed E-state index contributed by atoms with van der Waals surface area (Å²) in [4.78, 5) is 22.7. The second-order valence-corrected chi connectivity index (χ2v) is 5.73. The number of thioether (sulfide) groups is 1. The van der Waals surface area contributed by atoms with E-state index in [1.807, 2.05) is 20.8 Å². The summed E-state index contributed by atoms with van der Waals surface area (Å²) < 4.78 is 4.49. The Morgan fingerprint density at radius 2 is 1.87 bits per heavy atom. The molecule has 0 rings (SSSR count). The third kappa shape index (κ3) is 7.42. The summed E-state index contributed by atoms with van der Waals surface area (Å²) in [5.41, 5.74) is 0. The summed E-state index contributed by atoms with van der Waals surface area (Å²) >= 11 is 1.24. The largest absolute Gasteiger partial charge is 0.466 e. The van der Waals surface area contributed by atoms with Crippen LogP contribution in [-0.2, 0) is 14.3 Å². The fraction of sp³-hybridized carbons (Fsp3) is 0.818. The Labute approximate surface area is 95.9 Å². The molecule has 0 aromatic carbocycles. The lowest BCUT2D eigenvalue weighted by Gasteiger charge is -2.21. The van der Waals surface area contributed by atoms with Gasteiger partial charge in [-0.1, -0.05) is 18.7 Å². The van der Waals surface area contributed by atoms with Gasteiger partial charge < -0.3 is 4.74 Å². The van der Waals surface area contributed by atoms with E-state index in [1.165, 1.54) is 11.8 Å². The summed E-state index contributed by atoms with van der Waals surface area (Å²) in [7, 11) is 0. The normalized spacial score (nSPS) is 11.2. The van der Waals surface area contributed by atoms with Crippen LogP contribution in [0.2, 0.25) is 0 Å². The van der Waals surface area contributed by atoms with Crippen molar-refractivity contribution in [2.75, 3.05) is 6.61 Å². The van der Waals surface area contributed by atoms with Crippen molar-refractivity contribution in [3.8, 4) is 0 Å². The lowest BCUT2D eigenvalue weighted by molar-refractivity contribution is -0.143. The Hall–Kier alpha value is -0.510. The number of esters is 1. The van der Waals surface area contributed by atoms with Crippen LogP contribution in [0.3, 0.4) is 0 Å². The monoisotopic (exact) mass is 232 g/mol. The summed E-state index contributed by atoms with van der Waals surface area (Å²) in [6.07, 6.45) is 1.69. The Kier molecular flexibility index (Phi) is 6.65. The first-order valence-corrected chi connectivity index (χ1v) is 6.10. The Morgan fingerprint density at radius 3 is 2.33 bits per heavy atom. The maximum atomic E-state index is 11.4. The number of rotatable bonds is 6. The number of hydrogen-bond acceptors (Lipinski definition) is 4. The van der Waals surface area contributed by atoms with Gasteiger partial charge in [0.15, 0.2) is 5.12 Å². The van der Waals surface area contributed by atoms with Crippen molar-refractivity contribution in [3.05, 3.63) is 0 Å². The van der Waals surface area contributed by atoms with Crippen molar-refractivity contribution in [3.63, 3.8) is 0 Å². The van der Waals surface area contributed by atoms with Crippen LogP contribution < -0.4 is 0 Å². The molecule has 0 aliphatic heterocycles. The minimum atomic E-state index is -0.363. The zero-order chi connectivity index (χ0) is 11.9. The summed E-state index contributed by atoms with van der Waals surface area (Å²) in [6, 6.07) is 0. The van der Waals surface area contributed by atoms with Crippen molar-refractivity contribution in [1.29, 1.82) is 0 Å². The summed E-state index contributed by atoms with van der Waals surface area (Å²) in [5.74, 6) is -0.237. The van der Waals surface area contributed by atoms with Gasteiger partial charge in [0.2, 0.25) is 0 Å². The topological polar surface area (TPSA) is 43.4 Å². The van der Waals surface area contributed by atoms with Gasteiger partial charge in [-0.2, -0.15) is 0 Å². The van der Waals surface area contributed by atoms with Gasteiger partial charge in [-0.05, 0) is 27.2 Å². The van der Waals surface area contributed by atoms with E-state index in [0.29, 0.717) is 13.0 Å². The molecule has 0 heterocycles. The Balaban J connectivity index is 4.05. The van der Waals surface area contributed by atoms with E-state index < -0.39 is 0 Å². The molecule has 0 atom stereocenters. The second kappa shape index (κ2) is 6.88. The molecule has 0 radical (unpaired) electrons.